The zero-order valence-electron chi connectivity index (χ0n) is 12.6. The van der Waals surface area contributed by atoms with Crippen LogP contribution in [0.2, 0.25) is 0 Å². The average Bonchev–Trinajstić information content (AvgIpc) is 2.41. The van der Waals surface area contributed by atoms with Gasteiger partial charge in [0.15, 0.2) is 0 Å². The van der Waals surface area contributed by atoms with Crippen LogP contribution in [-0.2, 0) is 4.79 Å². The van der Waals surface area contributed by atoms with Gasteiger partial charge in [-0.15, -0.1) is 0 Å². The molecule has 0 aromatic rings. The van der Waals surface area contributed by atoms with Gasteiger partial charge in [0.2, 0.25) is 5.91 Å². The average molecular weight is 267 g/mol. The summed E-state index contributed by atoms with van der Waals surface area (Å²) in [5.41, 5.74) is 6.17. The van der Waals surface area contributed by atoms with Gasteiger partial charge in [-0.25, -0.2) is 0 Å². The maximum atomic E-state index is 12.6. The van der Waals surface area contributed by atoms with Gasteiger partial charge in [0.1, 0.15) is 0 Å². The molecule has 1 aliphatic carbocycles. The molecule has 3 atom stereocenters. The highest BCUT2D eigenvalue weighted by molar-refractivity contribution is 5.79. The number of piperidine rings is 1. The first-order valence-corrected chi connectivity index (χ1v) is 7.69. The number of carbonyl (C=O) groups is 1. The van der Waals surface area contributed by atoms with Gasteiger partial charge in [-0.1, -0.05) is 6.92 Å². The van der Waals surface area contributed by atoms with Gasteiger partial charge in [0.25, 0.3) is 0 Å². The van der Waals surface area contributed by atoms with Crippen molar-refractivity contribution in [2.24, 2.45) is 17.6 Å². The van der Waals surface area contributed by atoms with Crippen molar-refractivity contribution in [3.05, 3.63) is 0 Å². The summed E-state index contributed by atoms with van der Waals surface area (Å²) in [6, 6.07) is 0.707. The van der Waals surface area contributed by atoms with Crippen LogP contribution in [0.5, 0.6) is 0 Å². The van der Waals surface area contributed by atoms with Gasteiger partial charge < -0.3 is 15.5 Å². The lowest BCUT2D eigenvalue weighted by Crippen LogP contribution is -2.51. The minimum Gasteiger partial charge on any atom is -0.342 e. The molecule has 1 heterocycles. The molecule has 0 bridgehead atoms. The van der Waals surface area contributed by atoms with Crippen molar-refractivity contribution in [1.82, 2.24) is 9.80 Å². The van der Waals surface area contributed by atoms with E-state index < -0.39 is 0 Å². The minimum atomic E-state index is 0.0691. The predicted molar refractivity (Wildman–Crippen MR) is 77.8 cm³/mol. The van der Waals surface area contributed by atoms with Crippen molar-refractivity contribution in [3.63, 3.8) is 0 Å². The Kier molecular flexibility index (Phi) is 4.85. The van der Waals surface area contributed by atoms with E-state index in [1.54, 1.807) is 0 Å². The third kappa shape index (κ3) is 3.48. The van der Waals surface area contributed by atoms with Crippen LogP contribution in [0.1, 0.15) is 39.0 Å². The van der Waals surface area contributed by atoms with E-state index in [4.69, 9.17) is 5.73 Å². The number of amides is 1. The van der Waals surface area contributed by atoms with Crippen molar-refractivity contribution in [3.8, 4) is 0 Å². The molecule has 19 heavy (non-hydrogen) atoms. The Morgan fingerprint density at radius 2 is 1.79 bits per heavy atom. The highest BCUT2D eigenvalue weighted by Gasteiger charge is 2.35. The van der Waals surface area contributed by atoms with Crippen LogP contribution in [0, 0.1) is 11.8 Å². The molecular formula is C15H29N3O. The fourth-order valence-electron chi connectivity index (χ4n) is 3.53. The van der Waals surface area contributed by atoms with E-state index in [0.29, 0.717) is 17.9 Å². The predicted octanol–water partition coefficient (Wildman–Crippen LogP) is 1.30. The Morgan fingerprint density at radius 3 is 2.37 bits per heavy atom. The molecule has 2 fully saturated rings. The Labute approximate surface area is 117 Å². The highest BCUT2D eigenvalue weighted by atomic mass is 16.2. The molecule has 0 spiro atoms. The van der Waals surface area contributed by atoms with Gasteiger partial charge in [-0.3, -0.25) is 4.79 Å². The van der Waals surface area contributed by atoms with E-state index >= 15 is 0 Å². The lowest BCUT2D eigenvalue weighted by Gasteiger charge is -2.39. The Bertz CT molecular complexity index is 311. The number of hydrogen-bond donors (Lipinski definition) is 1. The molecule has 4 heteroatoms. The molecule has 0 aromatic heterocycles. The molecule has 1 amide bonds. The summed E-state index contributed by atoms with van der Waals surface area (Å²) in [5, 5.41) is 0. The molecule has 4 nitrogen and oxygen atoms in total. The number of likely N-dealkylation sites (tertiary alicyclic amines) is 1. The third-order valence-electron chi connectivity index (χ3n) is 4.99. The first-order chi connectivity index (χ1) is 8.99. The van der Waals surface area contributed by atoms with Crippen LogP contribution in [0.15, 0.2) is 0 Å². The molecule has 3 unspecified atom stereocenters. The van der Waals surface area contributed by atoms with E-state index in [2.05, 4.69) is 30.8 Å². The zero-order chi connectivity index (χ0) is 14.0. The number of rotatable bonds is 2. The summed E-state index contributed by atoms with van der Waals surface area (Å²) in [6.07, 6.45) is 5.35. The van der Waals surface area contributed by atoms with Gasteiger partial charge in [0, 0.05) is 25.2 Å². The van der Waals surface area contributed by atoms with E-state index in [0.717, 1.165) is 38.8 Å². The van der Waals surface area contributed by atoms with Crippen LogP contribution in [0.25, 0.3) is 0 Å². The molecule has 2 rings (SSSR count). The third-order valence-corrected chi connectivity index (χ3v) is 4.99. The fraction of sp³-hybridized carbons (Fsp3) is 0.933. The lowest BCUT2D eigenvalue weighted by molar-refractivity contribution is -0.139. The quantitative estimate of drug-likeness (QED) is 0.820. The standard InChI is InChI=1S/C15H29N3O/c1-11-4-5-14(16)13(10-11)15(19)18-8-6-12(7-9-18)17(2)3/h11-14H,4-10,16H2,1-3H3. The summed E-state index contributed by atoms with van der Waals surface area (Å²) in [7, 11) is 4.25. The normalized spacial score (nSPS) is 33.7. The molecule has 2 N–H and O–H groups in total. The fourth-order valence-corrected chi connectivity index (χ4v) is 3.53. The maximum Gasteiger partial charge on any atom is 0.227 e. The molecule has 1 saturated heterocycles. The summed E-state index contributed by atoms with van der Waals surface area (Å²) in [5.74, 6) is 1.03. The van der Waals surface area contributed by atoms with E-state index in [-0.39, 0.29) is 12.0 Å². The highest BCUT2D eigenvalue weighted by Crippen LogP contribution is 2.30. The monoisotopic (exact) mass is 267 g/mol. The smallest absolute Gasteiger partial charge is 0.227 e. The van der Waals surface area contributed by atoms with E-state index in [1.165, 1.54) is 6.42 Å². The first-order valence-electron chi connectivity index (χ1n) is 7.69. The summed E-state index contributed by atoms with van der Waals surface area (Å²) >= 11 is 0. The van der Waals surface area contributed by atoms with Gasteiger partial charge in [-0.05, 0) is 52.1 Å². The molecule has 2 aliphatic rings. The second-order valence-electron chi connectivity index (χ2n) is 6.71. The first kappa shape index (κ1) is 14.8. The van der Waals surface area contributed by atoms with Gasteiger partial charge >= 0.3 is 0 Å². The van der Waals surface area contributed by atoms with Crippen molar-refractivity contribution in [2.75, 3.05) is 27.2 Å². The topological polar surface area (TPSA) is 49.6 Å². The summed E-state index contributed by atoms with van der Waals surface area (Å²) < 4.78 is 0. The number of carbonyl (C=O) groups excluding carboxylic acids is 1. The van der Waals surface area contributed by atoms with Gasteiger partial charge in [0.05, 0.1) is 5.92 Å². The van der Waals surface area contributed by atoms with Crippen LogP contribution in [0.4, 0.5) is 0 Å². The maximum absolute atomic E-state index is 12.6. The minimum absolute atomic E-state index is 0.0691. The molecule has 0 aromatic carbocycles. The van der Waals surface area contributed by atoms with E-state index in [9.17, 15) is 4.79 Å². The van der Waals surface area contributed by atoms with Crippen molar-refractivity contribution < 1.29 is 4.79 Å². The van der Waals surface area contributed by atoms with Gasteiger partial charge in [-0.2, -0.15) is 0 Å². The Hall–Kier alpha value is -0.610. The lowest BCUT2D eigenvalue weighted by atomic mass is 9.78. The van der Waals surface area contributed by atoms with Crippen molar-refractivity contribution >= 4 is 5.91 Å². The van der Waals surface area contributed by atoms with Crippen molar-refractivity contribution in [2.45, 2.75) is 51.1 Å². The SMILES string of the molecule is CC1CCC(N)C(C(=O)N2CCC(N(C)C)CC2)C1. The zero-order valence-corrected chi connectivity index (χ0v) is 12.6. The second kappa shape index (κ2) is 6.23. The molecule has 1 saturated carbocycles. The number of nitrogens with zero attached hydrogens (tertiary/aromatic N) is 2. The van der Waals surface area contributed by atoms with Crippen LogP contribution < -0.4 is 5.73 Å². The molecule has 110 valence electrons. The molecule has 0 radical (unpaired) electrons. The molecule has 1 aliphatic heterocycles. The largest absolute Gasteiger partial charge is 0.342 e. The Balaban J connectivity index is 1.90. The molecular weight excluding hydrogens is 238 g/mol. The summed E-state index contributed by atoms with van der Waals surface area (Å²) in [4.78, 5) is 17.0. The van der Waals surface area contributed by atoms with Crippen LogP contribution >= 0.6 is 0 Å². The number of hydrogen-bond acceptors (Lipinski definition) is 3. The summed E-state index contributed by atoms with van der Waals surface area (Å²) in [6.45, 7) is 4.04. The van der Waals surface area contributed by atoms with Crippen LogP contribution in [0.3, 0.4) is 0 Å². The Morgan fingerprint density at radius 1 is 1.16 bits per heavy atom. The second-order valence-corrected chi connectivity index (χ2v) is 6.71. The van der Waals surface area contributed by atoms with E-state index in [1.807, 2.05) is 0 Å². The van der Waals surface area contributed by atoms with Crippen LogP contribution in [-0.4, -0.2) is 55.0 Å². The van der Waals surface area contributed by atoms with Crippen molar-refractivity contribution in [1.29, 1.82) is 0 Å². The number of nitrogens with two attached hydrogens (primary N) is 1.